The first-order valence-electron chi connectivity index (χ1n) is 6.95. The lowest BCUT2D eigenvalue weighted by molar-refractivity contribution is -0.140. The fraction of sp³-hybridized carbons (Fsp3) is 0.600. The van der Waals surface area contributed by atoms with Crippen molar-refractivity contribution in [3.05, 3.63) is 35.1 Å². The zero-order chi connectivity index (χ0) is 16.1. The minimum atomic E-state index is -4.69. The molecule has 1 aromatic rings. The minimum Gasteiger partial charge on any atom is -0.396 e. The fourth-order valence-electron chi connectivity index (χ4n) is 2.15. The van der Waals surface area contributed by atoms with Gasteiger partial charge in [-0.15, -0.1) is 0 Å². The third-order valence-corrected chi connectivity index (χ3v) is 4.00. The van der Waals surface area contributed by atoms with Crippen molar-refractivity contribution in [2.45, 2.75) is 39.4 Å². The Morgan fingerprint density at radius 3 is 2.24 bits per heavy atom. The van der Waals surface area contributed by atoms with Crippen LogP contribution < -0.4 is 5.32 Å². The summed E-state index contributed by atoms with van der Waals surface area (Å²) in [6.45, 7) is 4.63. The van der Waals surface area contributed by atoms with Crippen LogP contribution in [0.4, 0.5) is 17.6 Å². The van der Waals surface area contributed by atoms with E-state index in [1.54, 1.807) is 0 Å². The van der Waals surface area contributed by atoms with Gasteiger partial charge in [-0.3, -0.25) is 0 Å². The van der Waals surface area contributed by atoms with Crippen molar-refractivity contribution >= 4 is 0 Å². The highest BCUT2D eigenvalue weighted by Crippen LogP contribution is 2.32. The highest BCUT2D eigenvalue weighted by Gasteiger charge is 2.34. The Labute approximate surface area is 122 Å². The van der Waals surface area contributed by atoms with Crippen molar-refractivity contribution in [3.8, 4) is 0 Å². The van der Waals surface area contributed by atoms with Gasteiger partial charge in [0.05, 0.1) is 5.56 Å². The molecule has 0 fully saturated rings. The summed E-state index contributed by atoms with van der Waals surface area (Å²) in [6.07, 6.45) is -3.16. The summed E-state index contributed by atoms with van der Waals surface area (Å²) in [7, 11) is 0. The van der Waals surface area contributed by atoms with E-state index in [0.717, 1.165) is 25.0 Å². The molecular formula is C15H21F4NO. The van der Waals surface area contributed by atoms with Gasteiger partial charge in [0.2, 0.25) is 0 Å². The van der Waals surface area contributed by atoms with E-state index in [4.69, 9.17) is 0 Å². The van der Waals surface area contributed by atoms with Gasteiger partial charge >= 0.3 is 6.18 Å². The second-order valence-corrected chi connectivity index (χ2v) is 5.28. The molecule has 21 heavy (non-hydrogen) atoms. The molecule has 120 valence electrons. The molecule has 0 saturated carbocycles. The molecule has 1 rings (SSSR count). The zero-order valence-electron chi connectivity index (χ0n) is 12.2. The number of aliphatic hydroxyl groups is 1. The fourth-order valence-corrected chi connectivity index (χ4v) is 2.15. The van der Waals surface area contributed by atoms with Crippen LogP contribution in [0.3, 0.4) is 0 Å². The first-order chi connectivity index (χ1) is 9.78. The third-order valence-electron chi connectivity index (χ3n) is 4.00. The molecule has 0 spiro atoms. The Kier molecular flexibility index (Phi) is 6.16. The molecule has 1 aromatic carbocycles. The molecule has 0 radical (unpaired) electrons. The van der Waals surface area contributed by atoms with Gasteiger partial charge in [0.15, 0.2) is 0 Å². The van der Waals surface area contributed by atoms with Gasteiger partial charge in [-0.25, -0.2) is 4.39 Å². The molecule has 0 unspecified atom stereocenters. The minimum absolute atomic E-state index is 0.0181. The molecule has 0 aliphatic rings. The average molecular weight is 307 g/mol. The summed E-state index contributed by atoms with van der Waals surface area (Å²) < 4.78 is 51.0. The van der Waals surface area contributed by atoms with Crippen LogP contribution in [0.2, 0.25) is 0 Å². The van der Waals surface area contributed by atoms with Crippen LogP contribution in [-0.2, 0) is 12.7 Å². The van der Waals surface area contributed by atoms with Crippen LogP contribution >= 0.6 is 0 Å². The number of aliphatic hydroxyl groups excluding tert-OH is 1. The second kappa shape index (κ2) is 7.22. The van der Waals surface area contributed by atoms with Crippen LogP contribution in [0, 0.1) is 11.2 Å². The molecular weight excluding hydrogens is 286 g/mol. The summed E-state index contributed by atoms with van der Waals surface area (Å²) in [6, 6.07) is 2.98. The lowest BCUT2D eigenvalue weighted by atomic mass is 9.83. The summed E-state index contributed by atoms with van der Waals surface area (Å²) >= 11 is 0. The molecule has 2 nitrogen and oxygen atoms in total. The smallest absolute Gasteiger partial charge is 0.396 e. The lowest BCUT2D eigenvalue weighted by Crippen LogP contribution is -2.36. The van der Waals surface area contributed by atoms with Gasteiger partial charge in [-0.1, -0.05) is 19.9 Å². The maximum atomic E-state index is 13.2. The Balaban J connectivity index is 2.73. The number of alkyl halides is 3. The zero-order valence-corrected chi connectivity index (χ0v) is 12.2. The van der Waals surface area contributed by atoms with Crippen LogP contribution in [0.5, 0.6) is 0 Å². The van der Waals surface area contributed by atoms with E-state index in [9.17, 15) is 22.7 Å². The van der Waals surface area contributed by atoms with Crippen LogP contribution in [0.25, 0.3) is 0 Å². The predicted octanol–water partition coefficient (Wildman–Crippen LogP) is 3.73. The summed E-state index contributed by atoms with van der Waals surface area (Å²) in [5, 5.41) is 12.5. The van der Waals surface area contributed by atoms with Crippen molar-refractivity contribution in [3.63, 3.8) is 0 Å². The van der Waals surface area contributed by atoms with Crippen molar-refractivity contribution in [1.82, 2.24) is 5.32 Å². The SMILES string of the molecule is CCC(CC)(CO)CNCc1ccc(F)c(C(F)(F)F)c1. The topological polar surface area (TPSA) is 32.3 Å². The van der Waals surface area contributed by atoms with Gasteiger partial charge in [0.25, 0.3) is 0 Å². The Morgan fingerprint density at radius 1 is 1.14 bits per heavy atom. The summed E-state index contributed by atoms with van der Waals surface area (Å²) in [5.41, 5.74) is -1.16. The maximum Gasteiger partial charge on any atom is 0.419 e. The number of halogens is 4. The number of rotatable bonds is 7. The molecule has 0 amide bonds. The van der Waals surface area contributed by atoms with Gasteiger partial charge in [-0.05, 0) is 30.5 Å². The van der Waals surface area contributed by atoms with E-state index < -0.39 is 17.6 Å². The van der Waals surface area contributed by atoms with Gasteiger partial charge in [0.1, 0.15) is 5.82 Å². The van der Waals surface area contributed by atoms with Crippen LogP contribution in [-0.4, -0.2) is 18.3 Å². The molecule has 0 atom stereocenters. The van der Waals surface area contributed by atoms with E-state index >= 15 is 0 Å². The highest BCUT2D eigenvalue weighted by molar-refractivity contribution is 5.27. The second-order valence-electron chi connectivity index (χ2n) is 5.28. The molecule has 6 heteroatoms. The van der Waals surface area contributed by atoms with Crippen molar-refractivity contribution in [2.75, 3.05) is 13.2 Å². The molecule has 0 aliphatic heterocycles. The van der Waals surface area contributed by atoms with E-state index in [1.165, 1.54) is 6.07 Å². The van der Waals surface area contributed by atoms with Crippen LogP contribution in [0.1, 0.15) is 37.8 Å². The maximum absolute atomic E-state index is 13.2. The van der Waals surface area contributed by atoms with Gasteiger partial charge in [-0.2, -0.15) is 13.2 Å². The van der Waals surface area contributed by atoms with E-state index in [1.807, 2.05) is 13.8 Å². The number of nitrogens with one attached hydrogen (secondary N) is 1. The Morgan fingerprint density at radius 2 is 1.76 bits per heavy atom. The van der Waals surface area contributed by atoms with E-state index in [2.05, 4.69) is 5.32 Å². The van der Waals surface area contributed by atoms with E-state index in [-0.39, 0.29) is 18.6 Å². The highest BCUT2D eigenvalue weighted by atomic mass is 19.4. The normalized spacial score (nSPS) is 12.7. The third kappa shape index (κ3) is 4.68. The van der Waals surface area contributed by atoms with Crippen molar-refractivity contribution in [2.24, 2.45) is 5.41 Å². The lowest BCUT2D eigenvalue weighted by Gasteiger charge is -2.29. The molecule has 0 bridgehead atoms. The molecule has 0 aromatic heterocycles. The molecule has 0 saturated heterocycles. The summed E-state index contributed by atoms with van der Waals surface area (Å²) in [5.74, 6) is -1.27. The number of hydrogen-bond acceptors (Lipinski definition) is 2. The first kappa shape index (κ1) is 17.9. The molecule has 0 aliphatic carbocycles. The van der Waals surface area contributed by atoms with Gasteiger partial charge < -0.3 is 10.4 Å². The average Bonchev–Trinajstić information content (AvgIpc) is 2.44. The Hall–Kier alpha value is -1.14. The van der Waals surface area contributed by atoms with Crippen molar-refractivity contribution in [1.29, 1.82) is 0 Å². The van der Waals surface area contributed by atoms with E-state index in [0.29, 0.717) is 12.1 Å². The monoisotopic (exact) mass is 307 g/mol. The largest absolute Gasteiger partial charge is 0.419 e. The standard InChI is InChI=1S/C15H21F4NO/c1-3-14(4-2,10-21)9-20-8-11-5-6-13(16)12(7-11)15(17,18)19/h5-7,20-21H,3-4,8-10H2,1-2H3. The first-order valence-corrected chi connectivity index (χ1v) is 6.95. The molecule has 2 N–H and O–H groups in total. The Bertz CT molecular complexity index is 447. The number of benzene rings is 1. The van der Waals surface area contributed by atoms with Gasteiger partial charge in [0, 0.05) is 25.1 Å². The van der Waals surface area contributed by atoms with Crippen LogP contribution in [0.15, 0.2) is 18.2 Å². The number of hydrogen-bond donors (Lipinski definition) is 2. The summed E-state index contributed by atoms with van der Waals surface area (Å²) in [4.78, 5) is 0. The predicted molar refractivity (Wildman–Crippen MR) is 73.2 cm³/mol. The quantitative estimate of drug-likeness (QED) is 0.752. The molecule has 0 heterocycles. The van der Waals surface area contributed by atoms with Crippen molar-refractivity contribution < 1.29 is 22.7 Å².